The van der Waals surface area contributed by atoms with Gasteiger partial charge in [-0.1, -0.05) is 18.6 Å². The van der Waals surface area contributed by atoms with Crippen molar-refractivity contribution >= 4 is 18.3 Å². The average molecular weight is 322 g/mol. The van der Waals surface area contributed by atoms with Crippen LogP contribution in [0.2, 0.25) is 0 Å². The number of amides is 1. The summed E-state index contributed by atoms with van der Waals surface area (Å²) in [6, 6.07) is 7.87. The number of carbonyl (C=O) groups is 1. The van der Waals surface area contributed by atoms with Crippen LogP contribution in [-0.4, -0.2) is 33.3 Å². The monoisotopic (exact) mass is 321 g/mol. The summed E-state index contributed by atoms with van der Waals surface area (Å²) in [5, 5.41) is 10.4. The van der Waals surface area contributed by atoms with E-state index in [1.165, 1.54) is 6.33 Å². The number of aromatic nitrogens is 3. The van der Waals surface area contributed by atoms with Crippen molar-refractivity contribution in [3.05, 3.63) is 42.5 Å². The lowest BCUT2D eigenvalue weighted by atomic mass is 10.0. The van der Waals surface area contributed by atoms with Gasteiger partial charge in [-0.3, -0.25) is 4.79 Å². The fourth-order valence-electron chi connectivity index (χ4n) is 2.54. The van der Waals surface area contributed by atoms with Crippen molar-refractivity contribution in [1.29, 1.82) is 0 Å². The number of nitrogens with one attached hydrogen (secondary N) is 2. The molecule has 1 aromatic heterocycles. The second-order valence-corrected chi connectivity index (χ2v) is 5.23. The van der Waals surface area contributed by atoms with Gasteiger partial charge >= 0.3 is 0 Å². The summed E-state index contributed by atoms with van der Waals surface area (Å²) >= 11 is 0. The summed E-state index contributed by atoms with van der Waals surface area (Å²) in [4.78, 5) is 16.0. The van der Waals surface area contributed by atoms with E-state index in [2.05, 4.69) is 20.7 Å². The van der Waals surface area contributed by atoms with Crippen molar-refractivity contribution in [3.63, 3.8) is 0 Å². The van der Waals surface area contributed by atoms with Gasteiger partial charge in [0.1, 0.15) is 12.7 Å². The molecule has 0 saturated carbocycles. The quantitative estimate of drug-likeness (QED) is 0.894. The molecular formula is C15H20ClN5O. The van der Waals surface area contributed by atoms with Crippen molar-refractivity contribution in [2.24, 2.45) is 0 Å². The second kappa shape index (κ2) is 7.91. The Morgan fingerprint density at radius 1 is 1.41 bits per heavy atom. The van der Waals surface area contributed by atoms with Crippen LogP contribution in [0.1, 0.15) is 24.8 Å². The standard InChI is InChI=1S/C15H19N5O.ClH/c21-15(14-6-1-2-7-17-14)18-9-12-4-3-5-13(8-12)20-11-16-10-19-20;/h3-5,8,10-11,14,17H,1-2,6-7,9H2,(H,18,21);1H. The first kappa shape index (κ1) is 16.5. The fraction of sp³-hybridized carbons (Fsp3) is 0.400. The zero-order valence-corrected chi connectivity index (χ0v) is 13.1. The van der Waals surface area contributed by atoms with E-state index in [0.717, 1.165) is 37.1 Å². The van der Waals surface area contributed by atoms with Crippen LogP contribution in [0.4, 0.5) is 0 Å². The molecule has 1 fully saturated rings. The molecule has 1 saturated heterocycles. The first-order valence-corrected chi connectivity index (χ1v) is 7.28. The molecule has 3 rings (SSSR count). The van der Waals surface area contributed by atoms with Crippen molar-refractivity contribution in [2.45, 2.75) is 31.8 Å². The van der Waals surface area contributed by atoms with Crippen LogP contribution in [0.3, 0.4) is 0 Å². The maximum Gasteiger partial charge on any atom is 0.237 e. The number of hydrogen-bond donors (Lipinski definition) is 2. The van der Waals surface area contributed by atoms with Crippen LogP contribution < -0.4 is 10.6 Å². The van der Waals surface area contributed by atoms with Gasteiger partial charge in [0.05, 0.1) is 11.7 Å². The minimum absolute atomic E-state index is 0. The highest BCUT2D eigenvalue weighted by Gasteiger charge is 2.19. The predicted octanol–water partition coefficient (Wildman–Crippen LogP) is 1.45. The van der Waals surface area contributed by atoms with Crippen LogP contribution in [-0.2, 0) is 11.3 Å². The van der Waals surface area contributed by atoms with Crippen LogP contribution in [0, 0.1) is 0 Å². The highest BCUT2D eigenvalue weighted by atomic mass is 35.5. The van der Waals surface area contributed by atoms with E-state index < -0.39 is 0 Å². The zero-order chi connectivity index (χ0) is 14.5. The van der Waals surface area contributed by atoms with E-state index in [-0.39, 0.29) is 24.4 Å². The number of benzene rings is 1. The van der Waals surface area contributed by atoms with Crippen LogP contribution >= 0.6 is 12.4 Å². The summed E-state index contributed by atoms with van der Waals surface area (Å²) in [5.74, 6) is 0.0841. The summed E-state index contributed by atoms with van der Waals surface area (Å²) in [7, 11) is 0. The van der Waals surface area contributed by atoms with Crippen LogP contribution in [0.25, 0.3) is 5.69 Å². The third kappa shape index (κ3) is 4.05. The first-order chi connectivity index (χ1) is 10.3. The molecule has 0 spiro atoms. The fourth-order valence-corrected chi connectivity index (χ4v) is 2.54. The molecule has 1 atom stereocenters. The van der Waals surface area contributed by atoms with Gasteiger partial charge in [-0.2, -0.15) is 5.10 Å². The normalized spacial score (nSPS) is 17.5. The molecule has 0 bridgehead atoms. The minimum Gasteiger partial charge on any atom is -0.351 e. The van der Waals surface area contributed by atoms with Crippen molar-refractivity contribution in [2.75, 3.05) is 6.54 Å². The molecule has 2 heterocycles. The van der Waals surface area contributed by atoms with Crippen molar-refractivity contribution in [1.82, 2.24) is 25.4 Å². The van der Waals surface area contributed by atoms with Crippen LogP contribution in [0.5, 0.6) is 0 Å². The molecule has 1 aromatic carbocycles. The number of hydrogen-bond acceptors (Lipinski definition) is 4. The van der Waals surface area contributed by atoms with Gasteiger partial charge in [0.15, 0.2) is 0 Å². The van der Waals surface area contributed by atoms with Gasteiger partial charge in [0.25, 0.3) is 0 Å². The van der Waals surface area contributed by atoms with Gasteiger partial charge in [-0.15, -0.1) is 12.4 Å². The molecule has 1 aliphatic heterocycles. The first-order valence-electron chi connectivity index (χ1n) is 7.28. The Balaban J connectivity index is 0.00000176. The molecule has 1 amide bonds. The lowest BCUT2D eigenvalue weighted by molar-refractivity contribution is -0.123. The summed E-state index contributed by atoms with van der Waals surface area (Å²) in [6.45, 7) is 1.46. The molecule has 0 radical (unpaired) electrons. The molecule has 22 heavy (non-hydrogen) atoms. The maximum absolute atomic E-state index is 12.1. The van der Waals surface area contributed by atoms with Gasteiger partial charge in [0.2, 0.25) is 5.91 Å². The smallest absolute Gasteiger partial charge is 0.237 e. The molecule has 118 valence electrons. The Hall–Kier alpha value is -1.92. The molecule has 0 aliphatic carbocycles. The number of halogens is 1. The topological polar surface area (TPSA) is 71.8 Å². The summed E-state index contributed by atoms with van der Waals surface area (Å²) in [5.41, 5.74) is 1.99. The SMILES string of the molecule is Cl.O=C(NCc1cccc(-n2cncn2)c1)C1CCCCN1. The zero-order valence-electron chi connectivity index (χ0n) is 12.2. The lowest BCUT2D eigenvalue weighted by Crippen LogP contribution is -2.46. The summed E-state index contributed by atoms with van der Waals surface area (Å²) < 4.78 is 1.70. The van der Waals surface area contributed by atoms with Gasteiger partial charge in [-0.05, 0) is 37.1 Å². The van der Waals surface area contributed by atoms with Gasteiger partial charge < -0.3 is 10.6 Å². The minimum atomic E-state index is -0.0442. The highest BCUT2D eigenvalue weighted by molar-refractivity contribution is 5.85. The molecular weight excluding hydrogens is 302 g/mol. The summed E-state index contributed by atoms with van der Waals surface area (Å²) in [6.07, 6.45) is 6.36. The molecule has 1 aliphatic rings. The largest absolute Gasteiger partial charge is 0.351 e. The molecule has 2 N–H and O–H groups in total. The Morgan fingerprint density at radius 2 is 2.32 bits per heavy atom. The number of carbonyl (C=O) groups excluding carboxylic acids is 1. The third-order valence-electron chi connectivity index (χ3n) is 3.69. The number of piperidine rings is 1. The van der Waals surface area contributed by atoms with Crippen molar-refractivity contribution in [3.8, 4) is 5.69 Å². The van der Waals surface area contributed by atoms with Crippen molar-refractivity contribution < 1.29 is 4.79 Å². The molecule has 1 unspecified atom stereocenters. The Kier molecular flexibility index (Phi) is 5.91. The highest BCUT2D eigenvalue weighted by Crippen LogP contribution is 2.10. The van der Waals surface area contributed by atoms with E-state index in [9.17, 15) is 4.79 Å². The predicted molar refractivity (Wildman–Crippen MR) is 86.1 cm³/mol. The molecule has 6 nitrogen and oxygen atoms in total. The maximum atomic E-state index is 12.1. The second-order valence-electron chi connectivity index (χ2n) is 5.23. The molecule has 2 aromatic rings. The number of rotatable bonds is 4. The average Bonchev–Trinajstić information content (AvgIpc) is 3.08. The van der Waals surface area contributed by atoms with Gasteiger partial charge in [0, 0.05) is 6.54 Å². The lowest BCUT2D eigenvalue weighted by Gasteiger charge is -2.22. The van der Waals surface area contributed by atoms with E-state index in [1.54, 1.807) is 11.0 Å². The number of nitrogens with zero attached hydrogens (tertiary/aromatic N) is 3. The van der Waals surface area contributed by atoms with E-state index >= 15 is 0 Å². The Labute approximate surface area is 135 Å². The van der Waals surface area contributed by atoms with E-state index in [0.29, 0.717) is 6.54 Å². The van der Waals surface area contributed by atoms with E-state index in [4.69, 9.17) is 0 Å². The Morgan fingerprint density at radius 3 is 3.05 bits per heavy atom. The third-order valence-corrected chi connectivity index (χ3v) is 3.69. The van der Waals surface area contributed by atoms with Gasteiger partial charge in [-0.25, -0.2) is 9.67 Å². The van der Waals surface area contributed by atoms with E-state index in [1.807, 2.05) is 24.3 Å². The molecule has 7 heteroatoms. The van der Waals surface area contributed by atoms with Crippen LogP contribution in [0.15, 0.2) is 36.9 Å². The Bertz CT molecular complexity index is 596.